The molecule has 0 spiro atoms. The lowest BCUT2D eigenvalue weighted by Crippen LogP contribution is -2.17. The fourth-order valence-electron chi connectivity index (χ4n) is 2.41. The molecule has 82 valence electrons. The van der Waals surface area contributed by atoms with Crippen LogP contribution in [0.2, 0.25) is 5.02 Å². The lowest BCUT2D eigenvalue weighted by molar-refractivity contribution is 0.949. The Morgan fingerprint density at radius 1 is 1.00 bits per heavy atom. The molecule has 0 aromatic heterocycles. The summed E-state index contributed by atoms with van der Waals surface area (Å²) in [5, 5.41) is 3.24. The minimum absolute atomic E-state index is 0.861. The second-order valence-corrected chi connectivity index (χ2v) is 4.75. The second kappa shape index (κ2) is 3.99. The van der Waals surface area contributed by atoms with Gasteiger partial charge in [-0.25, -0.2) is 0 Å². The van der Waals surface area contributed by atoms with Crippen molar-refractivity contribution in [3.63, 3.8) is 0 Å². The maximum atomic E-state index is 6.31. The highest BCUT2D eigenvalue weighted by Gasteiger charge is 2.13. The van der Waals surface area contributed by atoms with Gasteiger partial charge in [-0.05, 0) is 30.4 Å². The van der Waals surface area contributed by atoms with Gasteiger partial charge in [-0.2, -0.15) is 0 Å². The molecule has 0 aliphatic carbocycles. The Labute approximate surface area is 101 Å². The fourth-order valence-corrected chi connectivity index (χ4v) is 2.69. The Kier molecular flexibility index (Phi) is 2.49. The number of benzene rings is 2. The van der Waals surface area contributed by atoms with Crippen molar-refractivity contribution in [2.75, 3.05) is 18.0 Å². The highest BCUT2D eigenvalue weighted by Crippen LogP contribution is 2.31. The van der Waals surface area contributed by atoms with Crippen LogP contribution >= 0.6 is 11.6 Å². The van der Waals surface area contributed by atoms with Gasteiger partial charge in [0.25, 0.3) is 0 Å². The lowest BCUT2D eigenvalue weighted by atomic mass is 10.1. The van der Waals surface area contributed by atoms with Gasteiger partial charge in [-0.3, -0.25) is 0 Å². The molecule has 0 bridgehead atoms. The van der Waals surface area contributed by atoms with Crippen LogP contribution in [0.4, 0.5) is 5.69 Å². The average molecular weight is 232 g/mol. The summed E-state index contributed by atoms with van der Waals surface area (Å²) in [6.45, 7) is 2.32. The van der Waals surface area contributed by atoms with Crippen LogP contribution < -0.4 is 4.90 Å². The Morgan fingerprint density at radius 3 is 2.56 bits per heavy atom. The second-order valence-electron chi connectivity index (χ2n) is 4.34. The first kappa shape index (κ1) is 9.98. The molecule has 0 N–H and O–H groups in total. The Bertz CT molecular complexity index is 515. The number of rotatable bonds is 1. The molecule has 1 saturated heterocycles. The van der Waals surface area contributed by atoms with Gasteiger partial charge >= 0.3 is 0 Å². The Morgan fingerprint density at radius 2 is 1.75 bits per heavy atom. The van der Waals surface area contributed by atoms with E-state index >= 15 is 0 Å². The van der Waals surface area contributed by atoms with Crippen LogP contribution in [0, 0.1) is 0 Å². The van der Waals surface area contributed by atoms with E-state index in [-0.39, 0.29) is 0 Å². The molecule has 1 aliphatic heterocycles. The van der Waals surface area contributed by atoms with Crippen LogP contribution in [-0.2, 0) is 0 Å². The molecule has 3 rings (SSSR count). The number of hydrogen-bond acceptors (Lipinski definition) is 1. The first-order chi connectivity index (χ1) is 7.84. The van der Waals surface area contributed by atoms with Gasteiger partial charge < -0.3 is 4.90 Å². The van der Waals surface area contributed by atoms with E-state index in [1.54, 1.807) is 0 Å². The number of fused-ring (bicyclic) bond motifs is 1. The van der Waals surface area contributed by atoms with Gasteiger partial charge in [0, 0.05) is 24.2 Å². The Balaban J connectivity index is 2.13. The molecule has 0 radical (unpaired) electrons. The molecular formula is C14H14ClN. The topological polar surface area (TPSA) is 3.24 Å². The molecule has 1 nitrogen and oxygen atoms in total. The summed E-state index contributed by atoms with van der Waals surface area (Å²) < 4.78 is 0. The third kappa shape index (κ3) is 1.65. The molecular weight excluding hydrogens is 218 g/mol. The van der Waals surface area contributed by atoms with E-state index in [0.717, 1.165) is 23.5 Å². The number of nitrogens with zero attached hydrogens (tertiary/aromatic N) is 1. The summed E-state index contributed by atoms with van der Waals surface area (Å²) in [5.41, 5.74) is 1.27. The van der Waals surface area contributed by atoms with Crippen molar-refractivity contribution in [2.24, 2.45) is 0 Å². The zero-order chi connectivity index (χ0) is 11.0. The van der Waals surface area contributed by atoms with E-state index in [2.05, 4.69) is 35.2 Å². The highest BCUT2D eigenvalue weighted by atomic mass is 35.5. The molecule has 0 atom stereocenters. The summed E-state index contributed by atoms with van der Waals surface area (Å²) in [6.07, 6.45) is 2.59. The van der Waals surface area contributed by atoms with Gasteiger partial charge in [0.05, 0.1) is 5.02 Å². The van der Waals surface area contributed by atoms with Gasteiger partial charge in [0.15, 0.2) is 0 Å². The molecule has 16 heavy (non-hydrogen) atoms. The summed E-state index contributed by atoms with van der Waals surface area (Å²) in [7, 11) is 0. The summed E-state index contributed by atoms with van der Waals surface area (Å²) >= 11 is 6.31. The average Bonchev–Trinajstić information content (AvgIpc) is 2.82. The van der Waals surface area contributed by atoms with E-state index in [1.165, 1.54) is 23.9 Å². The SMILES string of the molecule is Clc1cc(N2CCCC2)cc2ccccc12. The van der Waals surface area contributed by atoms with Gasteiger partial charge in [-0.15, -0.1) is 0 Å². The van der Waals surface area contributed by atoms with E-state index < -0.39 is 0 Å². The minimum Gasteiger partial charge on any atom is -0.371 e. The van der Waals surface area contributed by atoms with Crippen molar-refractivity contribution in [3.8, 4) is 0 Å². The number of halogens is 1. The third-order valence-corrected chi connectivity index (χ3v) is 3.58. The van der Waals surface area contributed by atoms with Crippen LogP contribution in [0.5, 0.6) is 0 Å². The molecule has 2 aromatic rings. The summed E-state index contributed by atoms with van der Waals surface area (Å²) in [4.78, 5) is 2.42. The van der Waals surface area contributed by atoms with E-state index in [9.17, 15) is 0 Å². The van der Waals surface area contributed by atoms with Gasteiger partial charge in [0.1, 0.15) is 0 Å². The number of hydrogen-bond donors (Lipinski definition) is 0. The van der Waals surface area contributed by atoms with Crippen molar-refractivity contribution in [1.29, 1.82) is 0 Å². The van der Waals surface area contributed by atoms with Crippen molar-refractivity contribution >= 4 is 28.1 Å². The van der Waals surface area contributed by atoms with Crippen LogP contribution in [0.25, 0.3) is 10.8 Å². The van der Waals surface area contributed by atoms with Crippen LogP contribution in [0.3, 0.4) is 0 Å². The molecule has 0 amide bonds. The highest BCUT2D eigenvalue weighted by molar-refractivity contribution is 6.35. The molecule has 0 unspecified atom stereocenters. The first-order valence-electron chi connectivity index (χ1n) is 5.78. The quantitative estimate of drug-likeness (QED) is 0.715. The maximum absolute atomic E-state index is 6.31. The van der Waals surface area contributed by atoms with Crippen molar-refractivity contribution in [3.05, 3.63) is 41.4 Å². The summed E-state index contributed by atoms with van der Waals surface area (Å²) in [5.74, 6) is 0. The molecule has 2 heteroatoms. The molecule has 1 aliphatic rings. The standard InChI is InChI=1S/C14H14ClN/c15-14-10-12(16-7-3-4-8-16)9-11-5-1-2-6-13(11)14/h1-2,5-6,9-10H,3-4,7-8H2. The largest absolute Gasteiger partial charge is 0.371 e. The normalized spacial score (nSPS) is 15.9. The zero-order valence-corrected chi connectivity index (χ0v) is 9.87. The first-order valence-corrected chi connectivity index (χ1v) is 6.16. The smallest absolute Gasteiger partial charge is 0.0505 e. The van der Waals surface area contributed by atoms with Crippen molar-refractivity contribution < 1.29 is 0 Å². The zero-order valence-electron chi connectivity index (χ0n) is 9.12. The molecule has 2 aromatic carbocycles. The lowest BCUT2D eigenvalue weighted by Gasteiger charge is -2.18. The summed E-state index contributed by atoms with van der Waals surface area (Å²) in [6, 6.07) is 12.6. The predicted molar refractivity (Wildman–Crippen MR) is 70.4 cm³/mol. The van der Waals surface area contributed by atoms with E-state index in [1.807, 2.05) is 6.07 Å². The predicted octanol–water partition coefficient (Wildman–Crippen LogP) is 4.09. The van der Waals surface area contributed by atoms with Crippen LogP contribution in [0.1, 0.15) is 12.8 Å². The Hall–Kier alpha value is -1.21. The van der Waals surface area contributed by atoms with E-state index in [0.29, 0.717) is 0 Å². The number of anilines is 1. The maximum Gasteiger partial charge on any atom is 0.0505 e. The van der Waals surface area contributed by atoms with Crippen LogP contribution in [-0.4, -0.2) is 13.1 Å². The van der Waals surface area contributed by atoms with Gasteiger partial charge in [0.2, 0.25) is 0 Å². The van der Waals surface area contributed by atoms with Crippen LogP contribution in [0.15, 0.2) is 36.4 Å². The molecule has 1 heterocycles. The third-order valence-electron chi connectivity index (χ3n) is 3.27. The van der Waals surface area contributed by atoms with Gasteiger partial charge in [-0.1, -0.05) is 35.9 Å². The fraction of sp³-hybridized carbons (Fsp3) is 0.286. The minimum atomic E-state index is 0.861. The van der Waals surface area contributed by atoms with E-state index in [4.69, 9.17) is 11.6 Å². The molecule has 1 fully saturated rings. The van der Waals surface area contributed by atoms with Crippen molar-refractivity contribution in [1.82, 2.24) is 0 Å². The van der Waals surface area contributed by atoms with Crippen molar-refractivity contribution in [2.45, 2.75) is 12.8 Å². The monoisotopic (exact) mass is 231 g/mol. The molecule has 0 saturated carbocycles.